The van der Waals surface area contributed by atoms with Crippen LogP contribution in [0.2, 0.25) is 0 Å². The molecule has 0 spiro atoms. The number of benzene rings is 2. The van der Waals surface area contributed by atoms with Gasteiger partial charge in [-0.3, -0.25) is 4.79 Å². The Morgan fingerprint density at radius 2 is 1.76 bits per heavy atom. The van der Waals surface area contributed by atoms with Gasteiger partial charge in [0, 0.05) is 16.6 Å². The Bertz CT molecular complexity index is 748. The van der Waals surface area contributed by atoms with Gasteiger partial charge in [-0.05, 0) is 18.2 Å². The van der Waals surface area contributed by atoms with E-state index in [0.29, 0.717) is 16.6 Å². The van der Waals surface area contributed by atoms with E-state index in [1.54, 1.807) is 6.07 Å². The number of rotatable bonds is 2. The maximum Gasteiger partial charge on any atom is 0.261 e. The van der Waals surface area contributed by atoms with Gasteiger partial charge in [0.15, 0.2) is 0 Å². The van der Waals surface area contributed by atoms with Gasteiger partial charge in [0.25, 0.3) is 5.91 Å². The monoisotopic (exact) mass is 354 g/mol. The van der Waals surface area contributed by atoms with Crippen LogP contribution in [0.25, 0.3) is 0 Å². The zero-order valence-electron chi connectivity index (χ0n) is 10.3. The number of nitrogens with zero attached hydrogens (tertiary/aromatic N) is 1. The summed E-state index contributed by atoms with van der Waals surface area (Å²) in [6, 6.07) is 7.07. The second kappa shape index (κ2) is 5.97. The molecule has 0 aliphatic heterocycles. The predicted molar refractivity (Wildman–Crippen MR) is 73.1 cm³/mol. The van der Waals surface area contributed by atoms with E-state index >= 15 is 0 Å². The number of hydrogen-bond donors (Lipinski definition) is 1. The van der Waals surface area contributed by atoms with Crippen molar-refractivity contribution in [1.82, 2.24) is 0 Å². The zero-order valence-corrected chi connectivity index (χ0v) is 11.8. The normalized spacial score (nSPS) is 10.0. The Balaban J connectivity index is 2.40. The molecular formula is C14H6BrF3N2O. The Kier molecular flexibility index (Phi) is 4.29. The van der Waals surface area contributed by atoms with Gasteiger partial charge in [-0.15, -0.1) is 0 Å². The number of carbonyl (C=O) groups excluding carboxylic acids is 1. The molecule has 0 saturated heterocycles. The fourth-order valence-electron chi connectivity index (χ4n) is 1.66. The van der Waals surface area contributed by atoms with Gasteiger partial charge in [0.1, 0.15) is 29.1 Å². The van der Waals surface area contributed by atoms with E-state index in [0.717, 1.165) is 0 Å². The summed E-state index contributed by atoms with van der Waals surface area (Å²) in [7, 11) is 0. The van der Waals surface area contributed by atoms with Crippen LogP contribution < -0.4 is 5.32 Å². The Hall–Kier alpha value is -2.33. The van der Waals surface area contributed by atoms with Gasteiger partial charge in [-0.2, -0.15) is 5.26 Å². The number of anilines is 1. The van der Waals surface area contributed by atoms with Gasteiger partial charge in [-0.1, -0.05) is 15.9 Å². The number of amides is 1. The van der Waals surface area contributed by atoms with Crippen molar-refractivity contribution in [2.75, 3.05) is 5.32 Å². The molecule has 0 bridgehead atoms. The number of carbonyl (C=O) groups is 1. The summed E-state index contributed by atoms with van der Waals surface area (Å²) < 4.78 is 40.4. The molecule has 2 rings (SSSR count). The topological polar surface area (TPSA) is 52.9 Å². The van der Waals surface area contributed by atoms with E-state index in [1.807, 2.05) is 6.07 Å². The van der Waals surface area contributed by atoms with E-state index in [9.17, 15) is 18.0 Å². The van der Waals surface area contributed by atoms with E-state index < -0.39 is 28.9 Å². The van der Waals surface area contributed by atoms with E-state index in [4.69, 9.17) is 5.26 Å². The summed E-state index contributed by atoms with van der Waals surface area (Å²) >= 11 is 3.15. The van der Waals surface area contributed by atoms with Gasteiger partial charge in [0.2, 0.25) is 0 Å². The Labute approximate surface area is 126 Å². The zero-order chi connectivity index (χ0) is 15.6. The van der Waals surface area contributed by atoms with Crippen molar-refractivity contribution in [1.29, 1.82) is 5.26 Å². The lowest BCUT2D eigenvalue weighted by atomic mass is 10.1. The minimum absolute atomic E-state index is 0.0833. The minimum Gasteiger partial charge on any atom is -0.321 e. The standard InChI is InChI=1S/C14H6BrF3N2O/c15-8-2-1-7(6-19)12(3-8)20-14(21)13-10(17)4-9(16)5-11(13)18/h1-5H,(H,20,21). The highest BCUT2D eigenvalue weighted by molar-refractivity contribution is 9.10. The first-order valence-electron chi connectivity index (χ1n) is 5.58. The lowest BCUT2D eigenvalue weighted by Crippen LogP contribution is -2.17. The van der Waals surface area contributed by atoms with E-state index in [1.165, 1.54) is 12.1 Å². The van der Waals surface area contributed by atoms with Crippen LogP contribution in [-0.2, 0) is 0 Å². The first-order chi connectivity index (χ1) is 9.92. The molecule has 1 N–H and O–H groups in total. The molecule has 106 valence electrons. The minimum atomic E-state index is -1.32. The molecule has 7 heteroatoms. The van der Waals surface area contributed by atoms with Crippen molar-refractivity contribution in [3.63, 3.8) is 0 Å². The van der Waals surface area contributed by atoms with Crippen LogP contribution in [0, 0.1) is 28.8 Å². The summed E-state index contributed by atoms with van der Waals surface area (Å²) in [5.74, 6) is -4.88. The number of hydrogen-bond acceptors (Lipinski definition) is 2. The first kappa shape index (κ1) is 15.1. The molecule has 0 atom stereocenters. The molecule has 0 saturated carbocycles. The quantitative estimate of drug-likeness (QED) is 0.886. The molecule has 21 heavy (non-hydrogen) atoms. The lowest BCUT2D eigenvalue weighted by molar-refractivity contribution is 0.101. The largest absolute Gasteiger partial charge is 0.321 e. The molecule has 0 aliphatic rings. The fourth-order valence-corrected chi connectivity index (χ4v) is 2.02. The first-order valence-corrected chi connectivity index (χ1v) is 6.37. The van der Waals surface area contributed by atoms with Crippen molar-refractivity contribution >= 4 is 27.5 Å². The highest BCUT2D eigenvalue weighted by Crippen LogP contribution is 2.23. The number of nitriles is 1. The van der Waals surface area contributed by atoms with Crippen LogP contribution in [0.1, 0.15) is 15.9 Å². The van der Waals surface area contributed by atoms with Gasteiger partial charge < -0.3 is 5.32 Å². The molecule has 1 amide bonds. The molecule has 3 nitrogen and oxygen atoms in total. The average molecular weight is 355 g/mol. The van der Waals surface area contributed by atoms with Crippen LogP contribution in [0.5, 0.6) is 0 Å². The lowest BCUT2D eigenvalue weighted by Gasteiger charge is -2.09. The molecule has 0 aliphatic carbocycles. The predicted octanol–water partition coefficient (Wildman–Crippen LogP) is 3.99. The SMILES string of the molecule is N#Cc1ccc(Br)cc1NC(=O)c1c(F)cc(F)cc1F. The Morgan fingerprint density at radius 3 is 2.33 bits per heavy atom. The molecule has 0 radical (unpaired) electrons. The summed E-state index contributed by atoms with van der Waals surface area (Å²) in [5, 5.41) is 11.1. The second-order valence-corrected chi connectivity index (χ2v) is 4.92. The average Bonchev–Trinajstić information content (AvgIpc) is 2.37. The van der Waals surface area contributed by atoms with Gasteiger partial charge in [-0.25, -0.2) is 13.2 Å². The van der Waals surface area contributed by atoms with Crippen molar-refractivity contribution < 1.29 is 18.0 Å². The molecule has 0 fully saturated rings. The molecule has 2 aromatic carbocycles. The summed E-state index contributed by atoms with van der Waals surface area (Å²) in [5.41, 5.74) is -0.713. The molecule has 0 heterocycles. The third kappa shape index (κ3) is 3.23. The highest BCUT2D eigenvalue weighted by Gasteiger charge is 2.20. The molecular weight excluding hydrogens is 349 g/mol. The van der Waals surface area contributed by atoms with Crippen molar-refractivity contribution in [2.24, 2.45) is 0 Å². The van der Waals surface area contributed by atoms with Gasteiger partial charge >= 0.3 is 0 Å². The van der Waals surface area contributed by atoms with Crippen molar-refractivity contribution in [3.8, 4) is 6.07 Å². The van der Waals surface area contributed by atoms with Crippen LogP contribution in [0.15, 0.2) is 34.8 Å². The summed E-state index contributed by atoms with van der Waals surface area (Å²) in [6.45, 7) is 0. The van der Waals surface area contributed by atoms with Crippen LogP contribution in [-0.4, -0.2) is 5.91 Å². The van der Waals surface area contributed by atoms with E-state index in [-0.39, 0.29) is 11.3 Å². The highest BCUT2D eigenvalue weighted by atomic mass is 79.9. The van der Waals surface area contributed by atoms with E-state index in [2.05, 4.69) is 21.2 Å². The maximum absolute atomic E-state index is 13.5. The summed E-state index contributed by atoms with van der Waals surface area (Å²) in [4.78, 5) is 11.9. The van der Waals surface area contributed by atoms with Crippen LogP contribution >= 0.6 is 15.9 Å². The van der Waals surface area contributed by atoms with Crippen LogP contribution in [0.4, 0.5) is 18.9 Å². The second-order valence-electron chi connectivity index (χ2n) is 4.00. The number of halogens is 4. The van der Waals surface area contributed by atoms with Crippen molar-refractivity contribution in [3.05, 3.63) is 63.4 Å². The van der Waals surface area contributed by atoms with Crippen LogP contribution in [0.3, 0.4) is 0 Å². The third-order valence-electron chi connectivity index (χ3n) is 2.58. The maximum atomic E-state index is 13.5. The third-order valence-corrected chi connectivity index (χ3v) is 3.08. The molecule has 0 aromatic heterocycles. The fraction of sp³-hybridized carbons (Fsp3) is 0. The van der Waals surface area contributed by atoms with Crippen molar-refractivity contribution in [2.45, 2.75) is 0 Å². The summed E-state index contributed by atoms with van der Waals surface area (Å²) in [6.07, 6.45) is 0. The smallest absolute Gasteiger partial charge is 0.261 e. The molecule has 0 unspecified atom stereocenters. The number of nitrogens with one attached hydrogen (secondary N) is 1. The Morgan fingerprint density at radius 1 is 1.14 bits per heavy atom. The molecule has 2 aromatic rings. The van der Waals surface area contributed by atoms with Gasteiger partial charge in [0.05, 0.1) is 11.3 Å².